The molecule has 0 unspecified atom stereocenters. The lowest BCUT2D eigenvalue weighted by atomic mass is 10.1. The highest BCUT2D eigenvalue weighted by molar-refractivity contribution is 6.31. The van der Waals surface area contributed by atoms with E-state index in [1.807, 2.05) is 25.1 Å². The number of unbranched alkanes of at least 4 members (excludes halogenated alkanes) is 1. The molecule has 0 spiro atoms. The van der Waals surface area contributed by atoms with Crippen LogP contribution in [0.15, 0.2) is 29.3 Å². The molecule has 0 aliphatic heterocycles. The first-order chi connectivity index (χ1) is 10.8. The molecule has 2 N–H and O–H groups in total. The molecule has 0 bridgehead atoms. The third kappa shape index (κ3) is 8.25. The molecule has 0 fully saturated rings. The molecular formula is C17H28ClN3O. The topological polar surface area (TPSA) is 45.7 Å². The molecule has 0 aliphatic rings. The highest BCUT2D eigenvalue weighted by Gasteiger charge is 2.00. The van der Waals surface area contributed by atoms with Crippen LogP contribution in [-0.2, 0) is 11.2 Å². The molecule has 22 heavy (non-hydrogen) atoms. The average molecular weight is 326 g/mol. The molecule has 0 aromatic heterocycles. The van der Waals surface area contributed by atoms with E-state index in [4.69, 9.17) is 16.3 Å². The second-order valence-corrected chi connectivity index (χ2v) is 5.34. The van der Waals surface area contributed by atoms with Crippen molar-refractivity contribution in [3.63, 3.8) is 0 Å². The maximum atomic E-state index is 6.16. The first-order valence-electron chi connectivity index (χ1n) is 8.11. The van der Waals surface area contributed by atoms with Crippen molar-refractivity contribution >= 4 is 17.6 Å². The lowest BCUT2D eigenvalue weighted by molar-refractivity contribution is 0.144. The summed E-state index contributed by atoms with van der Waals surface area (Å²) in [5.41, 5.74) is 1.16. The number of aliphatic imine (C=N–C) groups is 1. The van der Waals surface area contributed by atoms with E-state index in [0.717, 1.165) is 68.7 Å². The predicted octanol–water partition coefficient (Wildman–Crippen LogP) is 3.25. The van der Waals surface area contributed by atoms with Crippen molar-refractivity contribution in [3.05, 3.63) is 34.9 Å². The molecule has 4 nitrogen and oxygen atoms in total. The van der Waals surface area contributed by atoms with Crippen LogP contribution in [0.2, 0.25) is 5.02 Å². The maximum Gasteiger partial charge on any atom is 0.191 e. The van der Waals surface area contributed by atoms with E-state index in [9.17, 15) is 0 Å². The van der Waals surface area contributed by atoms with Gasteiger partial charge in [-0.1, -0.05) is 29.8 Å². The Morgan fingerprint density at radius 3 is 2.73 bits per heavy atom. The van der Waals surface area contributed by atoms with Crippen LogP contribution in [0.4, 0.5) is 0 Å². The standard InChI is InChI=1S/C17H28ClN3O/c1-3-19-17(20-12-7-8-14-22-4-2)21-13-11-15-9-5-6-10-16(15)18/h5-6,9-10H,3-4,7-8,11-14H2,1-2H3,(H2,19,20,21). The predicted molar refractivity (Wildman–Crippen MR) is 94.9 cm³/mol. The van der Waals surface area contributed by atoms with Gasteiger partial charge in [-0.3, -0.25) is 4.99 Å². The fraction of sp³-hybridized carbons (Fsp3) is 0.588. The maximum absolute atomic E-state index is 6.16. The summed E-state index contributed by atoms with van der Waals surface area (Å²) in [4.78, 5) is 4.57. The van der Waals surface area contributed by atoms with Gasteiger partial charge in [0.05, 0.1) is 0 Å². The Morgan fingerprint density at radius 2 is 2.00 bits per heavy atom. The van der Waals surface area contributed by atoms with E-state index in [2.05, 4.69) is 28.6 Å². The fourth-order valence-electron chi connectivity index (χ4n) is 2.01. The molecule has 5 heteroatoms. The smallest absolute Gasteiger partial charge is 0.191 e. The number of nitrogens with zero attached hydrogens (tertiary/aromatic N) is 1. The quantitative estimate of drug-likeness (QED) is 0.394. The van der Waals surface area contributed by atoms with E-state index in [0.29, 0.717) is 0 Å². The summed E-state index contributed by atoms with van der Waals surface area (Å²) in [6.45, 7) is 8.18. The van der Waals surface area contributed by atoms with Gasteiger partial charge in [-0.25, -0.2) is 0 Å². The zero-order valence-electron chi connectivity index (χ0n) is 13.7. The number of rotatable bonds is 10. The number of nitrogens with one attached hydrogen (secondary N) is 2. The number of ether oxygens (including phenoxy) is 1. The Hall–Kier alpha value is -1.26. The van der Waals surface area contributed by atoms with Gasteiger partial charge in [0.15, 0.2) is 5.96 Å². The molecule has 0 heterocycles. The van der Waals surface area contributed by atoms with Gasteiger partial charge in [0, 0.05) is 37.9 Å². The number of guanidine groups is 1. The molecule has 0 saturated heterocycles. The van der Waals surface area contributed by atoms with Gasteiger partial charge in [-0.2, -0.15) is 0 Å². The van der Waals surface area contributed by atoms with Crippen molar-refractivity contribution < 1.29 is 4.74 Å². The summed E-state index contributed by atoms with van der Waals surface area (Å²) in [6, 6.07) is 7.95. The second kappa shape index (κ2) is 12.3. The minimum Gasteiger partial charge on any atom is -0.382 e. The first-order valence-corrected chi connectivity index (χ1v) is 8.49. The van der Waals surface area contributed by atoms with E-state index in [1.54, 1.807) is 0 Å². The van der Waals surface area contributed by atoms with Crippen LogP contribution in [0.25, 0.3) is 0 Å². The number of benzene rings is 1. The molecule has 124 valence electrons. The fourth-order valence-corrected chi connectivity index (χ4v) is 2.24. The van der Waals surface area contributed by atoms with Crippen molar-refractivity contribution in [1.29, 1.82) is 0 Å². The Balaban J connectivity index is 2.29. The summed E-state index contributed by atoms with van der Waals surface area (Å²) >= 11 is 6.16. The van der Waals surface area contributed by atoms with Crippen LogP contribution in [0.5, 0.6) is 0 Å². The van der Waals surface area contributed by atoms with E-state index in [1.165, 1.54) is 0 Å². The lowest BCUT2D eigenvalue weighted by Gasteiger charge is -2.11. The van der Waals surface area contributed by atoms with Crippen molar-refractivity contribution in [1.82, 2.24) is 10.6 Å². The van der Waals surface area contributed by atoms with Crippen LogP contribution in [-0.4, -0.2) is 38.8 Å². The number of hydrogen-bond acceptors (Lipinski definition) is 2. The van der Waals surface area contributed by atoms with Gasteiger partial charge in [0.25, 0.3) is 0 Å². The van der Waals surface area contributed by atoms with Crippen LogP contribution in [0, 0.1) is 0 Å². The van der Waals surface area contributed by atoms with Gasteiger partial charge in [-0.15, -0.1) is 0 Å². The lowest BCUT2D eigenvalue weighted by Crippen LogP contribution is -2.38. The van der Waals surface area contributed by atoms with Gasteiger partial charge in [0.1, 0.15) is 0 Å². The summed E-state index contributed by atoms with van der Waals surface area (Å²) < 4.78 is 5.32. The van der Waals surface area contributed by atoms with E-state index < -0.39 is 0 Å². The van der Waals surface area contributed by atoms with Crippen LogP contribution < -0.4 is 10.6 Å². The molecule has 0 radical (unpaired) electrons. The zero-order valence-corrected chi connectivity index (χ0v) is 14.5. The minimum atomic E-state index is 0.787. The van der Waals surface area contributed by atoms with Crippen molar-refractivity contribution in [2.45, 2.75) is 33.1 Å². The van der Waals surface area contributed by atoms with E-state index >= 15 is 0 Å². The summed E-state index contributed by atoms with van der Waals surface area (Å²) in [6.07, 6.45) is 2.98. The second-order valence-electron chi connectivity index (χ2n) is 4.93. The zero-order chi connectivity index (χ0) is 16.0. The monoisotopic (exact) mass is 325 g/mol. The van der Waals surface area contributed by atoms with Crippen LogP contribution in [0.3, 0.4) is 0 Å². The van der Waals surface area contributed by atoms with Gasteiger partial charge in [0.2, 0.25) is 0 Å². The SMILES string of the molecule is CCNC(=NCCCCOCC)NCCc1ccccc1Cl. The number of halogens is 1. The van der Waals surface area contributed by atoms with E-state index in [-0.39, 0.29) is 0 Å². The van der Waals surface area contributed by atoms with Gasteiger partial charge >= 0.3 is 0 Å². The summed E-state index contributed by atoms with van der Waals surface area (Å²) in [5.74, 6) is 0.867. The van der Waals surface area contributed by atoms with Crippen molar-refractivity contribution in [2.75, 3.05) is 32.8 Å². The average Bonchev–Trinajstić information content (AvgIpc) is 2.52. The largest absolute Gasteiger partial charge is 0.382 e. The molecular weight excluding hydrogens is 298 g/mol. The van der Waals surface area contributed by atoms with Crippen molar-refractivity contribution in [2.24, 2.45) is 4.99 Å². The molecule has 1 aromatic carbocycles. The highest BCUT2D eigenvalue weighted by Crippen LogP contribution is 2.14. The van der Waals surface area contributed by atoms with Gasteiger partial charge in [-0.05, 0) is 44.7 Å². The third-order valence-corrected chi connectivity index (χ3v) is 3.53. The van der Waals surface area contributed by atoms with Crippen molar-refractivity contribution in [3.8, 4) is 0 Å². The van der Waals surface area contributed by atoms with Crippen LogP contribution in [0.1, 0.15) is 32.3 Å². The molecule has 0 amide bonds. The Bertz CT molecular complexity index is 438. The molecule has 0 saturated carbocycles. The summed E-state index contributed by atoms with van der Waals surface area (Å²) in [5, 5.41) is 7.43. The summed E-state index contributed by atoms with van der Waals surface area (Å²) in [7, 11) is 0. The molecule has 0 atom stereocenters. The Morgan fingerprint density at radius 1 is 1.18 bits per heavy atom. The normalized spacial score (nSPS) is 11.5. The minimum absolute atomic E-state index is 0.787. The van der Waals surface area contributed by atoms with Gasteiger partial charge < -0.3 is 15.4 Å². The Kier molecular flexibility index (Phi) is 10.5. The third-order valence-electron chi connectivity index (χ3n) is 3.16. The Labute approximate surface area is 139 Å². The molecule has 1 rings (SSSR count). The van der Waals surface area contributed by atoms with Crippen LogP contribution >= 0.6 is 11.6 Å². The highest BCUT2D eigenvalue weighted by atomic mass is 35.5. The number of hydrogen-bond donors (Lipinski definition) is 2. The first kappa shape index (κ1) is 18.8. The molecule has 0 aliphatic carbocycles. The molecule has 1 aromatic rings.